The molecular weight excluding hydrogens is 258 g/mol. The number of rotatable bonds is 1. The van der Waals surface area contributed by atoms with Crippen molar-refractivity contribution in [3.63, 3.8) is 0 Å². The standard InChI is InChI=1S/C7H9NO4S3/c8-15(11,12)6-3-4-5(9)1-2-14(10)7(4)13-6/h3,5,9H,1-2H2,(H2,8,11,12). The molecule has 1 aromatic heterocycles. The summed E-state index contributed by atoms with van der Waals surface area (Å²) in [6.07, 6.45) is -0.343. The first kappa shape index (κ1) is 11.4. The normalized spacial score (nSPS) is 26.3. The summed E-state index contributed by atoms with van der Waals surface area (Å²) in [7, 11) is -3.77. The summed E-state index contributed by atoms with van der Waals surface area (Å²) in [6, 6.07) is 1.32. The van der Waals surface area contributed by atoms with E-state index < -0.39 is 27.3 Å². The van der Waals surface area contributed by atoms with E-state index in [1.807, 2.05) is 0 Å². The number of nitrogens with two attached hydrogens (primary N) is 1. The van der Waals surface area contributed by atoms with Gasteiger partial charge in [-0.3, -0.25) is 0 Å². The minimum absolute atomic E-state index is 0.0400. The molecule has 2 heterocycles. The highest BCUT2D eigenvalue weighted by Gasteiger charge is 2.33. The summed E-state index contributed by atoms with van der Waals surface area (Å²) in [5, 5.41) is 14.6. The van der Waals surface area contributed by atoms with Gasteiger partial charge in [0.15, 0.2) is 0 Å². The Bertz CT molecular complexity index is 453. The summed E-state index contributed by atoms with van der Waals surface area (Å²) in [5.41, 5.74) is 0.439. The molecule has 0 saturated carbocycles. The Balaban J connectivity index is 2.55. The zero-order valence-corrected chi connectivity index (χ0v) is 9.99. The number of hydrogen-bond acceptors (Lipinski definition) is 5. The van der Waals surface area contributed by atoms with Gasteiger partial charge in [-0.15, -0.1) is 0 Å². The first-order valence-electron chi connectivity index (χ1n) is 4.12. The number of fused-ring (bicyclic) bond motifs is 1. The van der Waals surface area contributed by atoms with Crippen LogP contribution in [0.3, 0.4) is 0 Å². The number of hydrogen-bond donors (Lipinski definition) is 2. The molecule has 2 rings (SSSR count). The van der Waals surface area contributed by atoms with Gasteiger partial charge in [-0.1, -0.05) is 11.3 Å². The second-order valence-corrected chi connectivity index (χ2v) is 7.81. The van der Waals surface area contributed by atoms with Crippen LogP contribution in [0.2, 0.25) is 0 Å². The van der Waals surface area contributed by atoms with Gasteiger partial charge in [-0.25, -0.2) is 13.6 Å². The average Bonchev–Trinajstić information content (AvgIpc) is 2.56. The third kappa shape index (κ3) is 2.05. The van der Waals surface area contributed by atoms with E-state index in [0.29, 0.717) is 21.9 Å². The summed E-state index contributed by atoms with van der Waals surface area (Å²) >= 11 is -0.330. The van der Waals surface area contributed by atoms with Crippen molar-refractivity contribution in [2.24, 2.45) is 5.14 Å². The van der Waals surface area contributed by atoms with Gasteiger partial charge in [0.25, 0.3) is 0 Å². The lowest BCUT2D eigenvalue weighted by Crippen LogP contribution is -2.17. The molecule has 1 aliphatic rings. The van der Waals surface area contributed by atoms with E-state index in [1.54, 1.807) is 0 Å². The molecular formula is C7H9NO4S3. The molecule has 5 nitrogen and oxygen atoms in total. The lowest BCUT2D eigenvalue weighted by molar-refractivity contribution is 0.169. The third-order valence-electron chi connectivity index (χ3n) is 2.13. The predicted octanol–water partition coefficient (Wildman–Crippen LogP) is -0.0598. The summed E-state index contributed by atoms with van der Waals surface area (Å²) in [4.78, 5) is 0. The van der Waals surface area contributed by atoms with Crippen molar-refractivity contribution >= 4 is 32.5 Å². The Morgan fingerprint density at radius 3 is 2.87 bits per heavy atom. The smallest absolute Gasteiger partial charge is 0.247 e. The van der Waals surface area contributed by atoms with Gasteiger partial charge in [0.1, 0.15) is 9.96 Å². The monoisotopic (exact) mass is 267 g/mol. The van der Waals surface area contributed by atoms with Crippen molar-refractivity contribution in [2.45, 2.75) is 20.9 Å². The Hall–Kier alpha value is -0.120. The quantitative estimate of drug-likeness (QED) is 0.696. The van der Waals surface area contributed by atoms with Gasteiger partial charge in [0.2, 0.25) is 14.2 Å². The summed E-state index contributed by atoms with van der Waals surface area (Å²) in [6.45, 7) is 0. The van der Waals surface area contributed by atoms with Gasteiger partial charge < -0.3 is 9.66 Å². The molecule has 84 valence electrons. The molecule has 15 heavy (non-hydrogen) atoms. The molecule has 1 aliphatic heterocycles. The Kier molecular flexibility index (Phi) is 2.82. The molecule has 0 amide bonds. The molecule has 3 N–H and O–H groups in total. The van der Waals surface area contributed by atoms with Crippen LogP contribution in [0.25, 0.3) is 0 Å². The van der Waals surface area contributed by atoms with E-state index in [0.717, 1.165) is 11.3 Å². The second kappa shape index (κ2) is 3.72. The van der Waals surface area contributed by atoms with E-state index in [1.165, 1.54) is 6.07 Å². The summed E-state index contributed by atoms with van der Waals surface area (Å²) < 4.78 is 34.1. The van der Waals surface area contributed by atoms with Crippen LogP contribution in [0.15, 0.2) is 14.5 Å². The van der Waals surface area contributed by atoms with E-state index in [9.17, 15) is 18.1 Å². The highest BCUT2D eigenvalue weighted by Crippen LogP contribution is 2.39. The molecule has 0 aliphatic carbocycles. The predicted molar refractivity (Wildman–Crippen MR) is 56.5 cm³/mol. The molecule has 2 unspecified atom stereocenters. The number of aliphatic hydroxyl groups is 1. The first-order chi connectivity index (χ1) is 6.89. The van der Waals surface area contributed by atoms with Crippen LogP contribution >= 0.6 is 11.3 Å². The number of aliphatic hydroxyl groups excluding tert-OH is 1. The maximum atomic E-state index is 11.5. The van der Waals surface area contributed by atoms with E-state index in [2.05, 4.69) is 0 Å². The van der Waals surface area contributed by atoms with Crippen molar-refractivity contribution in [2.75, 3.05) is 5.75 Å². The Morgan fingerprint density at radius 2 is 2.33 bits per heavy atom. The fourth-order valence-electron chi connectivity index (χ4n) is 1.38. The molecule has 0 fully saturated rings. The average molecular weight is 267 g/mol. The van der Waals surface area contributed by atoms with E-state index in [4.69, 9.17) is 5.14 Å². The van der Waals surface area contributed by atoms with Crippen molar-refractivity contribution in [1.82, 2.24) is 0 Å². The lowest BCUT2D eigenvalue weighted by atomic mass is 10.1. The fourth-order valence-corrected chi connectivity index (χ4v) is 5.20. The highest BCUT2D eigenvalue weighted by molar-refractivity contribution is 7.95. The zero-order chi connectivity index (χ0) is 11.2. The van der Waals surface area contributed by atoms with Crippen LogP contribution in [-0.2, 0) is 21.2 Å². The zero-order valence-electron chi connectivity index (χ0n) is 7.54. The van der Waals surface area contributed by atoms with Gasteiger partial charge in [-0.2, -0.15) is 0 Å². The van der Waals surface area contributed by atoms with Crippen LogP contribution in [0.4, 0.5) is 0 Å². The van der Waals surface area contributed by atoms with Crippen molar-refractivity contribution in [1.29, 1.82) is 0 Å². The second-order valence-electron chi connectivity index (χ2n) is 3.21. The third-order valence-corrected chi connectivity index (χ3v) is 6.55. The van der Waals surface area contributed by atoms with Gasteiger partial charge in [-0.05, 0) is 17.2 Å². The molecule has 0 saturated heterocycles. The van der Waals surface area contributed by atoms with Crippen LogP contribution in [0.5, 0.6) is 0 Å². The minimum atomic E-state index is -3.77. The fraction of sp³-hybridized carbons (Fsp3) is 0.429. The van der Waals surface area contributed by atoms with Crippen LogP contribution < -0.4 is 5.14 Å². The topological polar surface area (TPSA) is 103 Å². The number of sulfonamides is 1. The van der Waals surface area contributed by atoms with Crippen molar-refractivity contribution < 1.29 is 18.1 Å². The SMILES string of the molecule is NS(=O)(=O)c1cc2c(s1)[S+]([O-])CCC2O. The first-order valence-corrected chi connectivity index (χ1v) is 7.81. The molecule has 2 atom stereocenters. The van der Waals surface area contributed by atoms with Crippen LogP contribution in [0, 0.1) is 0 Å². The van der Waals surface area contributed by atoms with Gasteiger partial charge in [0.05, 0.1) is 6.10 Å². The van der Waals surface area contributed by atoms with E-state index >= 15 is 0 Å². The van der Waals surface area contributed by atoms with E-state index in [-0.39, 0.29) is 4.21 Å². The molecule has 8 heteroatoms. The molecule has 0 aromatic carbocycles. The highest BCUT2D eigenvalue weighted by atomic mass is 32.3. The van der Waals surface area contributed by atoms with Crippen molar-refractivity contribution in [3.8, 4) is 0 Å². The lowest BCUT2D eigenvalue weighted by Gasteiger charge is -2.19. The Morgan fingerprint density at radius 1 is 1.67 bits per heavy atom. The largest absolute Gasteiger partial charge is 0.611 e. The minimum Gasteiger partial charge on any atom is -0.611 e. The molecule has 1 aromatic rings. The van der Waals surface area contributed by atoms with Gasteiger partial charge >= 0.3 is 0 Å². The van der Waals surface area contributed by atoms with Crippen molar-refractivity contribution in [3.05, 3.63) is 11.6 Å². The molecule has 0 bridgehead atoms. The molecule has 0 spiro atoms. The summed E-state index contributed by atoms with van der Waals surface area (Å²) in [5.74, 6) is 0.360. The van der Waals surface area contributed by atoms with Crippen LogP contribution in [0.1, 0.15) is 18.1 Å². The Labute approximate surface area is 94.2 Å². The van der Waals surface area contributed by atoms with Crippen LogP contribution in [-0.4, -0.2) is 23.8 Å². The molecule has 0 radical (unpaired) electrons. The maximum absolute atomic E-state index is 11.5. The maximum Gasteiger partial charge on any atom is 0.247 e. The van der Waals surface area contributed by atoms with Gasteiger partial charge in [0, 0.05) is 12.0 Å². The number of primary sulfonamides is 1. The number of thiophene rings is 1.